The van der Waals surface area contributed by atoms with Crippen LogP contribution >= 0.6 is 0 Å². The largest absolute Gasteiger partial charge is 0.416 e. The van der Waals surface area contributed by atoms with Gasteiger partial charge in [-0.3, -0.25) is 23.7 Å². The first-order chi connectivity index (χ1) is 18.5. The fraction of sp³-hybridized carbons (Fsp3) is 0.107. The summed E-state index contributed by atoms with van der Waals surface area (Å²) in [6, 6.07) is 17.8. The summed E-state index contributed by atoms with van der Waals surface area (Å²) in [6.45, 7) is 1.73. The normalized spacial score (nSPS) is 12.0. The number of carbonyl (C=O) groups excluding carboxylic acids is 3. The molecule has 11 heteroatoms. The molecule has 1 N–H and O–H groups in total. The number of aromatic nitrogens is 2. The van der Waals surface area contributed by atoms with Gasteiger partial charge in [-0.1, -0.05) is 48.0 Å². The Morgan fingerprint density at radius 1 is 0.795 bits per heavy atom. The maximum absolute atomic E-state index is 13.5. The minimum Gasteiger partial charge on any atom is -0.325 e. The van der Waals surface area contributed by atoms with Crippen molar-refractivity contribution in [2.24, 2.45) is 0 Å². The van der Waals surface area contributed by atoms with E-state index in [4.69, 9.17) is 0 Å². The summed E-state index contributed by atoms with van der Waals surface area (Å²) in [5.74, 6) is -2.70. The van der Waals surface area contributed by atoms with Crippen LogP contribution in [0.25, 0.3) is 0 Å². The molecule has 0 spiro atoms. The first-order valence-corrected chi connectivity index (χ1v) is 11.5. The molecule has 1 amide bonds. The monoisotopic (exact) mass is 535 g/mol. The molecule has 0 bridgehead atoms. The molecule has 0 aliphatic rings. The van der Waals surface area contributed by atoms with Gasteiger partial charge in [0.1, 0.15) is 0 Å². The summed E-state index contributed by atoms with van der Waals surface area (Å²) in [6.07, 6.45) is -5.52. The van der Waals surface area contributed by atoms with Crippen LogP contribution in [-0.2, 0) is 6.18 Å². The zero-order chi connectivity index (χ0) is 28.3. The van der Waals surface area contributed by atoms with Gasteiger partial charge in [0.05, 0.1) is 5.56 Å². The average molecular weight is 535 g/mol. The lowest BCUT2D eigenvalue weighted by Gasteiger charge is -2.21. The number of alkyl halides is 3. The van der Waals surface area contributed by atoms with Crippen LogP contribution in [0.5, 0.6) is 0 Å². The van der Waals surface area contributed by atoms with Gasteiger partial charge >= 0.3 is 11.9 Å². The van der Waals surface area contributed by atoms with Crippen LogP contribution in [-0.4, -0.2) is 26.7 Å². The smallest absolute Gasteiger partial charge is 0.325 e. The number of nitrogens with zero attached hydrogens (tertiary/aromatic N) is 2. The lowest BCUT2D eigenvalue weighted by atomic mass is 10.0. The van der Waals surface area contributed by atoms with Crippen LogP contribution in [0.15, 0.2) is 101 Å². The van der Waals surface area contributed by atoms with Gasteiger partial charge in [0.2, 0.25) is 5.78 Å². The van der Waals surface area contributed by atoms with Gasteiger partial charge in [0.15, 0.2) is 6.17 Å². The highest BCUT2D eigenvalue weighted by molar-refractivity contribution is 6.03. The van der Waals surface area contributed by atoms with E-state index in [2.05, 4.69) is 5.32 Å². The highest BCUT2D eigenvalue weighted by Crippen LogP contribution is 2.29. The standard InChI is InChI=1S/C28H20F3N3O5/c1-17-6-5-9-20(16-17)25(37)32-24(23(36)18-10-12-21(13-11-18)28(29,30)31)33-15-14-22(35)34(27(33)39)26(38)19-7-3-2-4-8-19/h2-16,24H,1H3,(H,32,37). The Morgan fingerprint density at radius 2 is 1.44 bits per heavy atom. The molecule has 0 saturated carbocycles. The zero-order valence-electron chi connectivity index (χ0n) is 20.3. The highest BCUT2D eigenvalue weighted by atomic mass is 19.4. The minimum atomic E-state index is -4.65. The number of ketones is 1. The highest BCUT2D eigenvalue weighted by Gasteiger charge is 2.32. The Balaban J connectivity index is 1.82. The van der Waals surface area contributed by atoms with Crippen LogP contribution < -0.4 is 16.6 Å². The molecule has 4 aromatic rings. The molecule has 1 atom stereocenters. The molecule has 198 valence electrons. The summed E-state index contributed by atoms with van der Waals surface area (Å²) in [5.41, 5.74) is -2.57. The van der Waals surface area contributed by atoms with Crippen LogP contribution in [0, 0.1) is 6.92 Å². The minimum absolute atomic E-state index is 0.0175. The second-order valence-electron chi connectivity index (χ2n) is 8.54. The SMILES string of the molecule is Cc1cccc(C(=O)NC(C(=O)c2ccc(C(F)(F)F)cc2)n2ccc(=O)n(C(=O)c3ccccc3)c2=O)c1. The summed E-state index contributed by atoms with van der Waals surface area (Å²) < 4.78 is 40.1. The maximum atomic E-state index is 13.5. The Bertz CT molecular complexity index is 1670. The van der Waals surface area contributed by atoms with Gasteiger partial charge in [-0.2, -0.15) is 17.7 Å². The van der Waals surface area contributed by atoms with Crippen molar-refractivity contribution < 1.29 is 27.6 Å². The summed E-state index contributed by atoms with van der Waals surface area (Å²) in [7, 11) is 0. The molecule has 0 radical (unpaired) electrons. The van der Waals surface area contributed by atoms with Gasteiger partial charge in [-0.25, -0.2) is 4.79 Å². The Hall–Kier alpha value is -5.06. The number of hydrogen-bond donors (Lipinski definition) is 1. The van der Waals surface area contributed by atoms with Crippen molar-refractivity contribution in [3.8, 4) is 0 Å². The Morgan fingerprint density at radius 3 is 2.05 bits per heavy atom. The summed E-state index contributed by atoms with van der Waals surface area (Å²) in [5, 5.41) is 2.41. The number of Topliss-reactive ketones (excluding diaryl/α,β-unsaturated/α-hetero) is 1. The van der Waals surface area contributed by atoms with Crippen molar-refractivity contribution in [1.29, 1.82) is 0 Å². The second kappa shape index (κ2) is 10.7. The van der Waals surface area contributed by atoms with E-state index in [1.165, 1.54) is 36.4 Å². The average Bonchev–Trinajstić information content (AvgIpc) is 2.91. The van der Waals surface area contributed by atoms with E-state index in [9.17, 15) is 37.1 Å². The van der Waals surface area contributed by atoms with Gasteiger partial charge in [-0.05, 0) is 43.3 Å². The third-order valence-corrected chi connectivity index (χ3v) is 5.81. The number of nitrogens with one attached hydrogen (secondary N) is 1. The molecule has 3 aromatic carbocycles. The number of benzene rings is 3. The summed E-state index contributed by atoms with van der Waals surface area (Å²) in [4.78, 5) is 65.5. The fourth-order valence-electron chi connectivity index (χ4n) is 3.82. The molecule has 1 aromatic heterocycles. The molecule has 0 saturated heterocycles. The molecular weight excluding hydrogens is 515 g/mol. The number of halogens is 3. The lowest BCUT2D eigenvalue weighted by molar-refractivity contribution is -0.137. The zero-order valence-corrected chi connectivity index (χ0v) is 20.3. The first-order valence-electron chi connectivity index (χ1n) is 11.5. The van der Waals surface area contributed by atoms with E-state index < -0.39 is 46.8 Å². The van der Waals surface area contributed by atoms with E-state index in [1.54, 1.807) is 25.1 Å². The molecule has 0 aliphatic heterocycles. The number of aryl methyl sites for hydroxylation is 1. The van der Waals surface area contributed by atoms with Crippen molar-refractivity contribution in [1.82, 2.24) is 14.5 Å². The first kappa shape index (κ1) is 27.0. The Kier molecular flexibility index (Phi) is 7.43. The molecule has 1 heterocycles. The fourth-order valence-corrected chi connectivity index (χ4v) is 3.82. The predicted octanol–water partition coefficient (Wildman–Crippen LogP) is 3.84. The van der Waals surface area contributed by atoms with Crippen molar-refractivity contribution >= 4 is 17.6 Å². The number of hydrogen-bond acceptors (Lipinski definition) is 5. The van der Waals surface area contributed by atoms with Gasteiger partial charge in [0.25, 0.3) is 17.4 Å². The molecule has 4 rings (SSSR count). The van der Waals surface area contributed by atoms with Crippen molar-refractivity contribution in [3.05, 3.63) is 140 Å². The lowest BCUT2D eigenvalue weighted by Crippen LogP contribution is -2.49. The predicted molar refractivity (Wildman–Crippen MR) is 135 cm³/mol. The molecule has 0 fully saturated rings. The molecule has 0 aliphatic carbocycles. The quantitative estimate of drug-likeness (QED) is 0.378. The third-order valence-electron chi connectivity index (χ3n) is 5.81. The Labute approximate surface area is 219 Å². The van der Waals surface area contributed by atoms with Crippen LogP contribution in [0.1, 0.15) is 48.4 Å². The molecule has 8 nitrogen and oxygen atoms in total. The number of rotatable bonds is 6. The van der Waals surface area contributed by atoms with E-state index in [1.807, 2.05) is 0 Å². The number of carbonyl (C=O) groups is 3. The van der Waals surface area contributed by atoms with Crippen molar-refractivity contribution in [2.45, 2.75) is 19.3 Å². The molecule has 39 heavy (non-hydrogen) atoms. The van der Waals surface area contributed by atoms with Gasteiger partial charge in [-0.15, -0.1) is 0 Å². The van der Waals surface area contributed by atoms with Gasteiger partial charge < -0.3 is 5.32 Å². The van der Waals surface area contributed by atoms with E-state index in [0.717, 1.165) is 30.0 Å². The second-order valence-corrected chi connectivity index (χ2v) is 8.54. The molecular formula is C28H20F3N3O5. The third kappa shape index (κ3) is 5.77. The van der Waals surface area contributed by atoms with Gasteiger partial charge in [0, 0.05) is 29.0 Å². The van der Waals surface area contributed by atoms with Crippen LogP contribution in [0.3, 0.4) is 0 Å². The van der Waals surface area contributed by atoms with E-state index in [0.29, 0.717) is 21.3 Å². The maximum Gasteiger partial charge on any atom is 0.416 e. The van der Waals surface area contributed by atoms with Crippen LogP contribution in [0.4, 0.5) is 13.2 Å². The van der Waals surface area contributed by atoms with Crippen molar-refractivity contribution in [3.63, 3.8) is 0 Å². The summed E-state index contributed by atoms with van der Waals surface area (Å²) >= 11 is 0. The number of amides is 1. The van der Waals surface area contributed by atoms with E-state index >= 15 is 0 Å². The topological polar surface area (TPSA) is 107 Å². The van der Waals surface area contributed by atoms with E-state index in [-0.39, 0.29) is 16.7 Å². The van der Waals surface area contributed by atoms with Crippen molar-refractivity contribution in [2.75, 3.05) is 0 Å². The molecule has 1 unspecified atom stereocenters. The van der Waals surface area contributed by atoms with Crippen LogP contribution in [0.2, 0.25) is 0 Å².